The van der Waals surface area contributed by atoms with Gasteiger partial charge in [-0.05, 0) is 37.1 Å². The molecule has 0 aliphatic carbocycles. The first kappa shape index (κ1) is 15.8. The number of β-amino-alcohol motifs (C(OH)–C–C–N with tert-alkyl or cyclic N) is 1. The first-order valence-corrected chi connectivity index (χ1v) is 7.27. The molecule has 1 heterocycles. The van der Waals surface area contributed by atoms with Gasteiger partial charge in [0.15, 0.2) is 0 Å². The van der Waals surface area contributed by atoms with Crippen molar-refractivity contribution in [3.63, 3.8) is 0 Å². The summed E-state index contributed by atoms with van der Waals surface area (Å²) in [6.45, 7) is 4.08. The topological polar surface area (TPSA) is 69.6 Å². The van der Waals surface area contributed by atoms with Crippen molar-refractivity contribution in [2.24, 2.45) is 0 Å². The number of halogens is 1. The van der Waals surface area contributed by atoms with Crippen LogP contribution in [0.3, 0.4) is 0 Å². The van der Waals surface area contributed by atoms with Crippen molar-refractivity contribution >= 4 is 23.4 Å². The lowest BCUT2D eigenvalue weighted by Crippen LogP contribution is -2.55. The quantitative estimate of drug-likeness (QED) is 0.866. The fourth-order valence-electron chi connectivity index (χ4n) is 2.51. The number of amides is 2. The number of nitrogens with one attached hydrogen (secondary N) is 1. The van der Waals surface area contributed by atoms with Crippen LogP contribution in [0.25, 0.3) is 0 Å². The highest BCUT2D eigenvalue weighted by molar-refractivity contribution is 6.30. The molecule has 2 N–H and O–H groups in total. The van der Waals surface area contributed by atoms with Gasteiger partial charge in [-0.2, -0.15) is 0 Å². The Morgan fingerprint density at radius 1 is 1.43 bits per heavy atom. The lowest BCUT2D eigenvalue weighted by Gasteiger charge is -2.35. The minimum absolute atomic E-state index is 0.0626. The van der Waals surface area contributed by atoms with Crippen molar-refractivity contribution in [1.29, 1.82) is 0 Å². The highest BCUT2D eigenvalue weighted by atomic mass is 35.5. The molecule has 21 heavy (non-hydrogen) atoms. The van der Waals surface area contributed by atoms with Crippen molar-refractivity contribution in [3.05, 3.63) is 34.3 Å². The van der Waals surface area contributed by atoms with Crippen LogP contribution in [-0.4, -0.2) is 47.1 Å². The van der Waals surface area contributed by atoms with E-state index in [1.165, 1.54) is 6.92 Å². The zero-order chi connectivity index (χ0) is 15.6. The average Bonchev–Trinajstić information content (AvgIpc) is 2.40. The molecule has 0 radical (unpaired) electrons. The zero-order valence-electron chi connectivity index (χ0n) is 12.1. The standard InChI is InChI=1S/C15H19ClN2O3/c1-9-7-11(16)3-4-12(9)15(21)17-13-5-6-18(10(2)19)8-14(13)20/h3-4,7,13-14,20H,5-6,8H2,1-2H3,(H,17,21)/t13-,14-/m1/s1. The van der Waals surface area contributed by atoms with Gasteiger partial charge in [0.05, 0.1) is 12.1 Å². The van der Waals surface area contributed by atoms with Gasteiger partial charge in [0.25, 0.3) is 5.91 Å². The van der Waals surface area contributed by atoms with Gasteiger partial charge in [-0.15, -0.1) is 0 Å². The summed E-state index contributed by atoms with van der Waals surface area (Å²) in [5.74, 6) is -0.295. The molecule has 1 aromatic rings. The summed E-state index contributed by atoms with van der Waals surface area (Å²) in [6.07, 6.45) is -0.210. The molecule has 5 nitrogen and oxygen atoms in total. The smallest absolute Gasteiger partial charge is 0.251 e. The molecule has 0 spiro atoms. The molecule has 0 saturated carbocycles. The normalized spacial score (nSPS) is 22.0. The summed E-state index contributed by atoms with van der Waals surface area (Å²) >= 11 is 5.87. The molecular formula is C15H19ClN2O3. The first-order valence-electron chi connectivity index (χ1n) is 6.89. The third kappa shape index (κ3) is 3.74. The molecule has 1 fully saturated rings. The van der Waals surface area contributed by atoms with E-state index in [-0.39, 0.29) is 24.4 Å². The molecule has 2 amide bonds. The monoisotopic (exact) mass is 310 g/mol. The molecule has 0 bridgehead atoms. The van der Waals surface area contributed by atoms with Gasteiger partial charge in [-0.1, -0.05) is 11.6 Å². The zero-order valence-corrected chi connectivity index (χ0v) is 12.9. The summed E-state index contributed by atoms with van der Waals surface area (Å²) in [7, 11) is 0. The van der Waals surface area contributed by atoms with Crippen LogP contribution in [0.2, 0.25) is 5.02 Å². The third-order valence-corrected chi connectivity index (χ3v) is 4.01. The van der Waals surface area contributed by atoms with E-state index in [4.69, 9.17) is 11.6 Å². The Morgan fingerprint density at radius 2 is 2.14 bits per heavy atom. The van der Waals surface area contributed by atoms with Gasteiger partial charge in [0, 0.05) is 30.6 Å². The van der Waals surface area contributed by atoms with E-state index in [1.807, 2.05) is 6.92 Å². The van der Waals surface area contributed by atoms with E-state index in [0.717, 1.165) is 5.56 Å². The molecule has 1 saturated heterocycles. The van der Waals surface area contributed by atoms with E-state index < -0.39 is 6.10 Å². The molecule has 0 aromatic heterocycles. The molecule has 0 unspecified atom stereocenters. The van der Waals surface area contributed by atoms with Crippen molar-refractivity contribution in [2.45, 2.75) is 32.4 Å². The van der Waals surface area contributed by atoms with Gasteiger partial charge in [0.1, 0.15) is 0 Å². The van der Waals surface area contributed by atoms with Gasteiger partial charge in [-0.25, -0.2) is 0 Å². The number of aliphatic hydroxyl groups is 1. The second-order valence-electron chi connectivity index (χ2n) is 5.36. The maximum atomic E-state index is 12.3. The SMILES string of the molecule is CC(=O)N1CC[C@@H](NC(=O)c2ccc(Cl)cc2C)[C@H](O)C1. The van der Waals surface area contributed by atoms with Gasteiger partial charge in [0.2, 0.25) is 5.91 Å². The number of hydrogen-bond acceptors (Lipinski definition) is 3. The fourth-order valence-corrected chi connectivity index (χ4v) is 2.74. The molecule has 6 heteroatoms. The Hall–Kier alpha value is -1.59. The molecule has 114 valence electrons. The van der Waals surface area contributed by atoms with Crippen LogP contribution in [0.4, 0.5) is 0 Å². The molecule has 2 rings (SSSR count). The Morgan fingerprint density at radius 3 is 2.71 bits per heavy atom. The Kier molecular flexibility index (Phi) is 4.85. The second kappa shape index (κ2) is 6.45. The van der Waals surface area contributed by atoms with Crippen LogP contribution in [0.1, 0.15) is 29.3 Å². The van der Waals surface area contributed by atoms with Crippen LogP contribution in [0.5, 0.6) is 0 Å². The molecule has 1 aliphatic rings. The van der Waals surface area contributed by atoms with Gasteiger partial charge < -0.3 is 15.3 Å². The van der Waals surface area contributed by atoms with Crippen molar-refractivity contribution in [2.75, 3.05) is 13.1 Å². The van der Waals surface area contributed by atoms with Crippen LogP contribution in [0, 0.1) is 6.92 Å². The number of rotatable bonds is 2. The van der Waals surface area contributed by atoms with Crippen molar-refractivity contribution in [3.8, 4) is 0 Å². The highest BCUT2D eigenvalue weighted by Gasteiger charge is 2.30. The average molecular weight is 311 g/mol. The predicted octanol–water partition coefficient (Wildman–Crippen LogP) is 1.36. The van der Waals surface area contributed by atoms with E-state index in [9.17, 15) is 14.7 Å². The summed E-state index contributed by atoms with van der Waals surface area (Å²) in [4.78, 5) is 25.1. The van der Waals surface area contributed by atoms with Gasteiger partial charge in [-0.3, -0.25) is 9.59 Å². The lowest BCUT2D eigenvalue weighted by molar-refractivity contribution is -0.132. The number of aliphatic hydroxyl groups excluding tert-OH is 1. The fraction of sp³-hybridized carbons (Fsp3) is 0.467. The number of hydrogen-bond donors (Lipinski definition) is 2. The first-order chi connectivity index (χ1) is 9.88. The molecule has 1 aromatic carbocycles. The summed E-state index contributed by atoms with van der Waals surface area (Å²) in [6, 6.07) is 4.72. The number of carbonyl (C=O) groups is 2. The minimum atomic E-state index is -0.751. The number of piperidine rings is 1. The minimum Gasteiger partial charge on any atom is -0.389 e. The van der Waals surface area contributed by atoms with E-state index in [2.05, 4.69) is 5.32 Å². The number of carbonyl (C=O) groups excluding carboxylic acids is 2. The van der Waals surface area contributed by atoms with Crippen molar-refractivity contribution < 1.29 is 14.7 Å². The predicted molar refractivity (Wildman–Crippen MR) is 80.3 cm³/mol. The van der Waals surface area contributed by atoms with E-state index in [0.29, 0.717) is 23.6 Å². The Bertz CT molecular complexity index is 562. The maximum absolute atomic E-state index is 12.3. The summed E-state index contributed by atoms with van der Waals surface area (Å²) < 4.78 is 0. The summed E-state index contributed by atoms with van der Waals surface area (Å²) in [5.41, 5.74) is 1.33. The van der Waals surface area contributed by atoms with Crippen LogP contribution in [-0.2, 0) is 4.79 Å². The summed E-state index contributed by atoms with van der Waals surface area (Å²) in [5, 5.41) is 13.5. The molecular weight excluding hydrogens is 292 g/mol. The third-order valence-electron chi connectivity index (χ3n) is 3.78. The number of aryl methyl sites for hydroxylation is 1. The highest BCUT2D eigenvalue weighted by Crippen LogP contribution is 2.17. The number of likely N-dealkylation sites (tertiary alicyclic amines) is 1. The maximum Gasteiger partial charge on any atom is 0.251 e. The van der Waals surface area contributed by atoms with Crippen LogP contribution in [0.15, 0.2) is 18.2 Å². The largest absolute Gasteiger partial charge is 0.389 e. The Labute approximate surface area is 128 Å². The molecule has 2 atom stereocenters. The van der Waals surface area contributed by atoms with Gasteiger partial charge >= 0.3 is 0 Å². The lowest BCUT2D eigenvalue weighted by atomic mass is 10.0. The molecule has 1 aliphatic heterocycles. The van der Waals surface area contributed by atoms with Crippen LogP contribution < -0.4 is 5.32 Å². The van der Waals surface area contributed by atoms with E-state index in [1.54, 1.807) is 23.1 Å². The number of nitrogens with zero attached hydrogens (tertiary/aromatic N) is 1. The Balaban J connectivity index is 2.01. The van der Waals surface area contributed by atoms with E-state index >= 15 is 0 Å². The second-order valence-corrected chi connectivity index (χ2v) is 5.80. The number of benzene rings is 1. The van der Waals surface area contributed by atoms with Crippen molar-refractivity contribution in [1.82, 2.24) is 10.2 Å². The van der Waals surface area contributed by atoms with Crippen LogP contribution >= 0.6 is 11.6 Å².